The van der Waals surface area contributed by atoms with E-state index in [-0.39, 0.29) is 5.54 Å². The Morgan fingerprint density at radius 2 is 2.06 bits per heavy atom. The van der Waals surface area contributed by atoms with Gasteiger partial charge in [0.15, 0.2) is 0 Å². The van der Waals surface area contributed by atoms with Crippen LogP contribution in [0, 0.1) is 0 Å². The lowest BCUT2D eigenvalue weighted by molar-refractivity contribution is 0.00438. The highest BCUT2D eigenvalue weighted by Gasteiger charge is 2.38. The number of fused-ring (bicyclic) bond motifs is 1. The van der Waals surface area contributed by atoms with Crippen molar-refractivity contribution in [2.45, 2.75) is 50.2 Å². The molecule has 4 heteroatoms. The van der Waals surface area contributed by atoms with Gasteiger partial charge in [0.1, 0.15) is 0 Å². The SMILES string of the molecule is CC1CN2CCCC2CN1CC1(N)CCOCC1. The molecule has 104 valence electrons. The summed E-state index contributed by atoms with van der Waals surface area (Å²) < 4.78 is 5.44. The minimum atomic E-state index is -0.00666. The van der Waals surface area contributed by atoms with E-state index in [1.807, 2.05) is 0 Å². The summed E-state index contributed by atoms with van der Waals surface area (Å²) >= 11 is 0. The summed E-state index contributed by atoms with van der Waals surface area (Å²) in [5.41, 5.74) is 6.55. The Bertz CT molecular complexity index is 291. The summed E-state index contributed by atoms with van der Waals surface area (Å²) in [6.45, 7) is 8.87. The number of rotatable bonds is 2. The molecule has 0 radical (unpaired) electrons. The summed E-state index contributed by atoms with van der Waals surface area (Å²) in [6.07, 6.45) is 4.80. The van der Waals surface area contributed by atoms with E-state index in [2.05, 4.69) is 16.7 Å². The molecule has 0 aliphatic carbocycles. The molecule has 3 aliphatic heterocycles. The monoisotopic (exact) mass is 253 g/mol. The van der Waals surface area contributed by atoms with Crippen LogP contribution in [0.5, 0.6) is 0 Å². The summed E-state index contributed by atoms with van der Waals surface area (Å²) in [6, 6.07) is 1.45. The van der Waals surface area contributed by atoms with E-state index in [9.17, 15) is 0 Å². The normalized spacial score (nSPS) is 37.7. The van der Waals surface area contributed by atoms with E-state index in [1.54, 1.807) is 0 Å². The van der Waals surface area contributed by atoms with Crippen LogP contribution in [0.25, 0.3) is 0 Å². The third kappa shape index (κ3) is 2.57. The Morgan fingerprint density at radius 3 is 2.83 bits per heavy atom. The minimum absolute atomic E-state index is 0.00666. The molecule has 0 aromatic heterocycles. The third-order valence-corrected chi connectivity index (χ3v) is 5.07. The Hall–Kier alpha value is -0.160. The lowest BCUT2D eigenvalue weighted by Crippen LogP contribution is -2.61. The zero-order valence-electron chi connectivity index (χ0n) is 11.6. The molecule has 2 atom stereocenters. The minimum Gasteiger partial charge on any atom is -0.381 e. The van der Waals surface area contributed by atoms with E-state index in [4.69, 9.17) is 10.5 Å². The molecule has 4 nitrogen and oxygen atoms in total. The van der Waals surface area contributed by atoms with Crippen molar-refractivity contribution in [2.75, 3.05) is 39.4 Å². The fourth-order valence-corrected chi connectivity index (χ4v) is 3.81. The van der Waals surface area contributed by atoms with Gasteiger partial charge in [0.05, 0.1) is 0 Å². The molecule has 0 spiro atoms. The number of nitrogens with two attached hydrogens (primary N) is 1. The van der Waals surface area contributed by atoms with Crippen LogP contribution in [0.4, 0.5) is 0 Å². The summed E-state index contributed by atoms with van der Waals surface area (Å²) in [7, 11) is 0. The van der Waals surface area contributed by atoms with Gasteiger partial charge in [-0.3, -0.25) is 9.80 Å². The second-order valence-corrected chi connectivity index (χ2v) is 6.54. The van der Waals surface area contributed by atoms with Gasteiger partial charge in [0.2, 0.25) is 0 Å². The topological polar surface area (TPSA) is 41.7 Å². The molecule has 3 aliphatic rings. The number of hydrogen-bond acceptors (Lipinski definition) is 4. The Labute approximate surface area is 110 Å². The second-order valence-electron chi connectivity index (χ2n) is 6.54. The van der Waals surface area contributed by atoms with Gasteiger partial charge in [-0.05, 0) is 39.2 Å². The van der Waals surface area contributed by atoms with E-state index < -0.39 is 0 Å². The van der Waals surface area contributed by atoms with Gasteiger partial charge < -0.3 is 10.5 Å². The first-order valence-corrected chi connectivity index (χ1v) is 7.51. The lowest BCUT2D eigenvalue weighted by atomic mass is 9.89. The summed E-state index contributed by atoms with van der Waals surface area (Å²) in [5.74, 6) is 0. The van der Waals surface area contributed by atoms with Gasteiger partial charge >= 0.3 is 0 Å². The van der Waals surface area contributed by atoms with Gasteiger partial charge in [-0.15, -0.1) is 0 Å². The zero-order valence-corrected chi connectivity index (χ0v) is 11.6. The highest BCUT2D eigenvalue weighted by Crippen LogP contribution is 2.27. The quantitative estimate of drug-likeness (QED) is 0.785. The highest BCUT2D eigenvalue weighted by molar-refractivity contribution is 4.96. The molecule has 0 bridgehead atoms. The largest absolute Gasteiger partial charge is 0.381 e. The van der Waals surface area contributed by atoms with Crippen LogP contribution in [0.3, 0.4) is 0 Å². The van der Waals surface area contributed by atoms with Crippen molar-refractivity contribution >= 4 is 0 Å². The highest BCUT2D eigenvalue weighted by atomic mass is 16.5. The fraction of sp³-hybridized carbons (Fsp3) is 1.00. The Balaban J connectivity index is 1.61. The molecule has 0 aromatic carbocycles. The molecule has 0 aromatic rings. The van der Waals surface area contributed by atoms with Crippen LogP contribution in [0.15, 0.2) is 0 Å². The van der Waals surface area contributed by atoms with E-state index in [0.29, 0.717) is 6.04 Å². The summed E-state index contributed by atoms with van der Waals surface area (Å²) in [5, 5.41) is 0. The lowest BCUT2D eigenvalue weighted by Gasteiger charge is -2.46. The first-order valence-electron chi connectivity index (χ1n) is 7.51. The molecule has 2 unspecified atom stereocenters. The van der Waals surface area contributed by atoms with Crippen molar-refractivity contribution in [3.05, 3.63) is 0 Å². The predicted molar refractivity (Wildman–Crippen MR) is 72.6 cm³/mol. The van der Waals surface area contributed by atoms with Crippen molar-refractivity contribution in [3.63, 3.8) is 0 Å². The van der Waals surface area contributed by atoms with Gasteiger partial charge in [-0.2, -0.15) is 0 Å². The fourth-order valence-electron chi connectivity index (χ4n) is 3.81. The maximum atomic E-state index is 6.55. The van der Waals surface area contributed by atoms with Gasteiger partial charge in [-0.25, -0.2) is 0 Å². The van der Waals surface area contributed by atoms with Crippen molar-refractivity contribution in [1.29, 1.82) is 0 Å². The standard InChI is InChI=1S/C14H27N3O/c1-12-9-16-6-2-3-13(16)10-17(12)11-14(15)4-7-18-8-5-14/h12-13H,2-11,15H2,1H3. The maximum absolute atomic E-state index is 6.55. The van der Waals surface area contributed by atoms with E-state index >= 15 is 0 Å². The van der Waals surface area contributed by atoms with E-state index in [0.717, 1.165) is 38.6 Å². The van der Waals surface area contributed by atoms with Gasteiger partial charge in [-0.1, -0.05) is 0 Å². The van der Waals surface area contributed by atoms with E-state index in [1.165, 1.54) is 32.5 Å². The second kappa shape index (κ2) is 5.08. The number of ether oxygens (including phenoxy) is 1. The third-order valence-electron chi connectivity index (χ3n) is 5.07. The molecule has 3 heterocycles. The first kappa shape index (κ1) is 12.9. The molecule has 2 N–H and O–H groups in total. The molecule has 3 saturated heterocycles. The van der Waals surface area contributed by atoms with Crippen LogP contribution in [-0.2, 0) is 4.74 Å². The molecule has 3 fully saturated rings. The Kier molecular flexibility index (Phi) is 3.63. The van der Waals surface area contributed by atoms with Gasteiger partial charge in [0, 0.05) is 50.5 Å². The van der Waals surface area contributed by atoms with Crippen molar-refractivity contribution < 1.29 is 4.74 Å². The van der Waals surface area contributed by atoms with Crippen LogP contribution in [0.2, 0.25) is 0 Å². The van der Waals surface area contributed by atoms with Crippen molar-refractivity contribution in [3.8, 4) is 0 Å². The number of piperazine rings is 1. The first-order chi connectivity index (χ1) is 8.66. The molecule has 18 heavy (non-hydrogen) atoms. The molecule has 0 amide bonds. The zero-order chi connectivity index (χ0) is 12.6. The maximum Gasteiger partial charge on any atom is 0.0484 e. The van der Waals surface area contributed by atoms with Crippen LogP contribution in [0.1, 0.15) is 32.6 Å². The average molecular weight is 253 g/mol. The van der Waals surface area contributed by atoms with Crippen LogP contribution in [-0.4, -0.2) is 66.8 Å². The number of nitrogens with zero attached hydrogens (tertiary/aromatic N) is 2. The van der Waals surface area contributed by atoms with Crippen LogP contribution >= 0.6 is 0 Å². The summed E-state index contributed by atoms with van der Waals surface area (Å²) in [4.78, 5) is 5.31. The average Bonchev–Trinajstić information content (AvgIpc) is 2.77. The molecule has 0 saturated carbocycles. The van der Waals surface area contributed by atoms with Crippen LogP contribution < -0.4 is 5.73 Å². The number of hydrogen-bond donors (Lipinski definition) is 1. The smallest absolute Gasteiger partial charge is 0.0484 e. The van der Waals surface area contributed by atoms with Crippen molar-refractivity contribution in [1.82, 2.24) is 9.80 Å². The predicted octanol–water partition coefficient (Wildman–Crippen LogP) is 0.663. The Morgan fingerprint density at radius 1 is 1.28 bits per heavy atom. The molecular weight excluding hydrogens is 226 g/mol. The van der Waals surface area contributed by atoms with Gasteiger partial charge in [0.25, 0.3) is 0 Å². The molecule has 3 rings (SSSR count). The van der Waals surface area contributed by atoms with Crippen molar-refractivity contribution in [2.24, 2.45) is 5.73 Å². The molecular formula is C14H27N3O.